The van der Waals surface area contributed by atoms with Crippen LogP contribution >= 0.6 is 0 Å². The van der Waals surface area contributed by atoms with Gasteiger partial charge in [0.15, 0.2) is 0 Å². The monoisotopic (exact) mass is 366 g/mol. The third-order valence-electron chi connectivity index (χ3n) is 3.97. The maximum atomic E-state index is 2.16. The van der Waals surface area contributed by atoms with Gasteiger partial charge >= 0.3 is 17.1 Å². The maximum Gasteiger partial charge on any atom is 2.00 e. The van der Waals surface area contributed by atoms with Crippen LogP contribution in [-0.2, 0) is 29.9 Å². The summed E-state index contributed by atoms with van der Waals surface area (Å²) < 4.78 is 0. The molecule has 0 unspecified atom stereocenters. The van der Waals surface area contributed by atoms with Gasteiger partial charge < -0.3 is 0 Å². The minimum absolute atomic E-state index is 0. The molecule has 0 bridgehead atoms. The van der Waals surface area contributed by atoms with E-state index in [0.29, 0.717) is 0 Å². The number of rotatable bonds is 4. The van der Waals surface area contributed by atoms with Gasteiger partial charge in [-0.3, -0.25) is 0 Å². The van der Waals surface area contributed by atoms with Crippen molar-refractivity contribution in [2.45, 2.75) is 12.8 Å². The zero-order valence-corrected chi connectivity index (χ0v) is 15.3. The topological polar surface area (TPSA) is 0 Å². The van der Waals surface area contributed by atoms with Crippen molar-refractivity contribution in [3.05, 3.63) is 131 Å². The molecule has 4 aromatic carbocycles. The van der Waals surface area contributed by atoms with E-state index in [-0.39, 0.29) is 17.1 Å². The second-order valence-corrected chi connectivity index (χ2v) is 5.91. The second-order valence-electron chi connectivity index (χ2n) is 5.91. The van der Waals surface area contributed by atoms with Crippen molar-refractivity contribution in [1.82, 2.24) is 0 Å². The van der Waals surface area contributed by atoms with E-state index in [9.17, 15) is 0 Å². The molecule has 0 aromatic heterocycles. The Hall–Kier alpha value is -2.34. The van der Waals surface area contributed by atoms with Gasteiger partial charge in [0.2, 0.25) is 0 Å². The Labute approximate surface area is 161 Å². The zero-order valence-electron chi connectivity index (χ0n) is 14.2. The summed E-state index contributed by atoms with van der Waals surface area (Å²) in [6.07, 6.45) is 2.10. The molecular formula is C24H22Fe. The summed E-state index contributed by atoms with van der Waals surface area (Å²) in [5.41, 5.74) is 5.54. The third-order valence-corrected chi connectivity index (χ3v) is 3.97. The molecule has 1 heteroatoms. The summed E-state index contributed by atoms with van der Waals surface area (Å²) in [7, 11) is 0. The quantitative estimate of drug-likeness (QED) is 0.307. The van der Waals surface area contributed by atoms with Crippen molar-refractivity contribution in [1.29, 1.82) is 0 Å². The van der Waals surface area contributed by atoms with E-state index in [1.54, 1.807) is 0 Å². The van der Waals surface area contributed by atoms with Crippen molar-refractivity contribution in [2.24, 2.45) is 0 Å². The van der Waals surface area contributed by atoms with Crippen molar-refractivity contribution in [2.75, 3.05) is 0 Å². The molecule has 0 saturated heterocycles. The Morgan fingerprint density at radius 2 is 0.880 bits per heavy atom. The van der Waals surface area contributed by atoms with Gasteiger partial charge in [0.1, 0.15) is 0 Å². The van der Waals surface area contributed by atoms with E-state index >= 15 is 0 Å². The van der Waals surface area contributed by atoms with Crippen LogP contribution in [0.2, 0.25) is 0 Å². The second kappa shape index (κ2) is 10.5. The molecule has 0 N–H and O–H groups in total. The summed E-state index contributed by atoms with van der Waals surface area (Å²) in [4.78, 5) is 0. The molecule has 0 radical (unpaired) electrons. The molecule has 0 aliphatic carbocycles. The fourth-order valence-electron chi connectivity index (χ4n) is 2.73. The summed E-state index contributed by atoms with van der Waals surface area (Å²) in [5, 5.41) is 0. The SMILES string of the molecule is [Fe+2].c1ccc(Cc2ccc[cH-]2)cc1.c1ccc(Cc2ccc[cH-]2)cc1. The Morgan fingerprint density at radius 1 is 0.480 bits per heavy atom. The predicted octanol–water partition coefficient (Wildman–Crippen LogP) is 5.99. The van der Waals surface area contributed by atoms with Crippen LogP contribution in [-0.4, -0.2) is 0 Å². The minimum Gasteiger partial charge on any atom is -0.213 e. The largest absolute Gasteiger partial charge is 2.00 e. The number of benzene rings is 2. The Balaban J connectivity index is 0.000000173. The average molecular weight is 366 g/mol. The van der Waals surface area contributed by atoms with Crippen LogP contribution in [0.25, 0.3) is 0 Å². The van der Waals surface area contributed by atoms with Crippen LogP contribution < -0.4 is 0 Å². The van der Waals surface area contributed by atoms with E-state index in [2.05, 4.69) is 109 Å². The third kappa shape index (κ3) is 6.58. The molecule has 0 spiro atoms. The van der Waals surface area contributed by atoms with Crippen molar-refractivity contribution in [3.8, 4) is 0 Å². The van der Waals surface area contributed by atoms with Crippen LogP contribution in [0, 0.1) is 0 Å². The summed E-state index contributed by atoms with van der Waals surface area (Å²) in [6, 6.07) is 38.0. The van der Waals surface area contributed by atoms with Crippen molar-refractivity contribution in [3.63, 3.8) is 0 Å². The Morgan fingerprint density at radius 3 is 1.20 bits per heavy atom. The molecule has 0 amide bonds. The molecule has 4 aromatic rings. The van der Waals surface area contributed by atoms with E-state index in [0.717, 1.165) is 12.8 Å². The molecule has 0 nitrogen and oxygen atoms in total. The van der Waals surface area contributed by atoms with Crippen LogP contribution in [0.4, 0.5) is 0 Å². The summed E-state index contributed by atoms with van der Waals surface area (Å²) >= 11 is 0. The zero-order chi connectivity index (χ0) is 16.5. The van der Waals surface area contributed by atoms with Gasteiger partial charge in [-0.15, -0.1) is 0 Å². The molecule has 0 fully saturated rings. The van der Waals surface area contributed by atoms with Gasteiger partial charge in [0, 0.05) is 0 Å². The average Bonchev–Trinajstić information content (AvgIpc) is 3.32. The molecule has 0 heterocycles. The van der Waals surface area contributed by atoms with Gasteiger partial charge in [0.25, 0.3) is 0 Å². The molecule has 0 aliphatic rings. The first-order chi connectivity index (χ1) is 11.9. The van der Waals surface area contributed by atoms with Gasteiger partial charge in [-0.2, -0.15) is 35.4 Å². The molecule has 0 aliphatic heterocycles. The maximum absolute atomic E-state index is 2.16. The molecular weight excluding hydrogens is 344 g/mol. The normalized spacial score (nSPS) is 9.60. The van der Waals surface area contributed by atoms with E-state index in [1.807, 2.05) is 0 Å². The Bertz CT molecular complexity index is 710. The fourth-order valence-corrected chi connectivity index (χ4v) is 2.73. The summed E-state index contributed by atoms with van der Waals surface area (Å²) in [6.45, 7) is 0. The number of hydrogen-bond donors (Lipinski definition) is 0. The molecule has 0 atom stereocenters. The van der Waals surface area contributed by atoms with E-state index in [1.165, 1.54) is 22.3 Å². The van der Waals surface area contributed by atoms with Crippen LogP contribution in [0.5, 0.6) is 0 Å². The molecule has 0 saturated carbocycles. The molecule has 25 heavy (non-hydrogen) atoms. The van der Waals surface area contributed by atoms with Gasteiger partial charge in [-0.25, -0.2) is 24.3 Å². The van der Waals surface area contributed by atoms with Gasteiger partial charge in [-0.1, -0.05) is 60.7 Å². The molecule has 4 rings (SSSR count). The first-order valence-corrected chi connectivity index (χ1v) is 8.39. The predicted molar refractivity (Wildman–Crippen MR) is 103 cm³/mol. The first kappa shape index (κ1) is 19.0. The van der Waals surface area contributed by atoms with Crippen LogP contribution in [0.1, 0.15) is 22.3 Å². The number of hydrogen-bond acceptors (Lipinski definition) is 0. The minimum atomic E-state index is 0. The Kier molecular flexibility index (Phi) is 7.98. The van der Waals surface area contributed by atoms with Gasteiger partial charge in [0.05, 0.1) is 0 Å². The molecule has 126 valence electrons. The van der Waals surface area contributed by atoms with Gasteiger partial charge in [-0.05, 0) is 24.0 Å². The van der Waals surface area contributed by atoms with E-state index in [4.69, 9.17) is 0 Å². The first-order valence-electron chi connectivity index (χ1n) is 8.39. The summed E-state index contributed by atoms with van der Waals surface area (Å²) in [5.74, 6) is 0. The standard InChI is InChI=1S/2C12H11.Fe/c2*1-2-6-11(7-3-1)10-12-8-4-5-9-12;/h2*1-9H,10H2;/q2*-1;+2. The van der Waals surface area contributed by atoms with Crippen molar-refractivity contribution >= 4 is 0 Å². The van der Waals surface area contributed by atoms with Crippen LogP contribution in [0.3, 0.4) is 0 Å². The van der Waals surface area contributed by atoms with E-state index < -0.39 is 0 Å². The van der Waals surface area contributed by atoms with Crippen molar-refractivity contribution < 1.29 is 17.1 Å². The smallest absolute Gasteiger partial charge is 0.213 e. The van der Waals surface area contributed by atoms with Crippen LogP contribution in [0.15, 0.2) is 109 Å². The fraction of sp³-hybridized carbons (Fsp3) is 0.0833.